The molecule has 2 aromatic carbocycles. The van der Waals surface area contributed by atoms with Crippen LogP contribution in [-0.4, -0.2) is 65.5 Å². The molecule has 0 aliphatic carbocycles. The number of para-hydroxylation sites is 1. The molecule has 1 atom stereocenters. The Labute approximate surface area is 172 Å². The number of rotatable bonds is 6. The van der Waals surface area contributed by atoms with Crippen LogP contribution in [0, 0.1) is 13.8 Å². The molecule has 0 bridgehead atoms. The molecule has 0 aromatic heterocycles. The van der Waals surface area contributed by atoms with E-state index in [4.69, 9.17) is 0 Å². The van der Waals surface area contributed by atoms with Crippen molar-refractivity contribution in [3.8, 4) is 0 Å². The summed E-state index contributed by atoms with van der Waals surface area (Å²) >= 11 is 0. The Balaban J connectivity index is 1.46. The number of hydrogen-bond acceptors (Lipinski definition) is 4. The lowest BCUT2D eigenvalue weighted by Gasteiger charge is -2.35. The van der Waals surface area contributed by atoms with Crippen molar-refractivity contribution < 1.29 is 14.7 Å². The number of aryl methyl sites for hydroxylation is 2. The van der Waals surface area contributed by atoms with Gasteiger partial charge >= 0.3 is 0 Å². The van der Waals surface area contributed by atoms with Crippen molar-refractivity contribution in [2.75, 3.05) is 38.0 Å². The molecule has 2 aromatic rings. The highest BCUT2D eigenvalue weighted by molar-refractivity contribution is 5.93. The first kappa shape index (κ1) is 21.0. The number of benzene rings is 2. The number of piperazine rings is 1. The third kappa shape index (κ3) is 5.65. The Hall–Kier alpha value is -2.70. The standard InChI is InChI=1S/C23H29N3O3/c1-17-7-6-8-18(2)22(17)24-21(28)16-25-11-13-26(14-12-25)23(29)20(27)15-19-9-4-3-5-10-19/h3-10,20,27H,11-16H2,1-2H3,(H,24,28). The van der Waals surface area contributed by atoms with E-state index in [-0.39, 0.29) is 11.8 Å². The molecule has 2 amide bonds. The van der Waals surface area contributed by atoms with Gasteiger partial charge in [-0.1, -0.05) is 48.5 Å². The molecule has 6 nitrogen and oxygen atoms in total. The Morgan fingerprint density at radius 2 is 1.59 bits per heavy atom. The van der Waals surface area contributed by atoms with Gasteiger partial charge in [0.1, 0.15) is 6.10 Å². The van der Waals surface area contributed by atoms with E-state index in [1.807, 2.05) is 67.3 Å². The summed E-state index contributed by atoms with van der Waals surface area (Å²) < 4.78 is 0. The minimum atomic E-state index is -1.03. The van der Waals surface area contributed by atoms with Crippen LogP contribution in [0.15, 0.2) is 48.5 Å². The number of hydrogen-bond donors (Lipinski definition) is 2. The van der Waals surface area contributed by atoms with Crippen LogP contribution < -0.4 is 5.32 Å². The summed E-state index contributed by atoms with van der Waals surface area (Å²) in [6.07, 6.45) is -0.714. The van der Waals surface area contributed by atoms with Crippen LogP contribution in [0.3, 0.4) is 0 Å². The highest BCUT2D eigenvalue weighted by Gasteiger charge is 2.27. The molecule has 1 aliphatic rings. The van der Waals surface area contributed by atoms with Gasteiger partial charge in [0.15, 0.2) is 0 Å². The zero-order chi connectivity index (χ0) is 20.8. The van der Waals surface area contributed by atoms with E-state index in [0.29, 0.717) is 39.1 Å². The van der Waals surface area contributed by atoms with Crippen molar-refractivity contribution in [2.24, 2.45) is 0 Å². The molecule has 1 heterocycles. The van der Waals surface area contributed by atoms with Gasteiger partial charge in [-0.05, 0) is 30.5 Å². The highest BCUT2D eigenvalue weighted by Crippen LogP contribution is 2.19. The zero-order valence-corrected chi connectivity index (χ0v) is 17.1. The average molecular weight is 396 g/mol. The maximum absolute atomic E-state index is 12.5. The molecule has 1 unspecified atom stereocenters. The number of aliphatic hydroxyl groups is 1. The monoisotopic (exact) mass is 395 g/mol. The van der Waals surface area contributed by atoms with Crippen LogP contribution >= 0.6 is 0 Å². The van der Waals surface area contributed by atoms with E-state index in [0.717, 1.165) is 22.4 Å². The number of aliphatic hydroxyl groups excluding tert-OH is 1. The summed E-state index contributed by atoms with van der Waals surface area (Å²) in [6.45, 7) is 6.51. The lowest BCUT2D eigenvalue weighted by molar-refractivity contribution is -0.142. The first-order chi connectivity index (χ1) is 13.9. The van der Waals surface area contributed by atoms with Gasteiger partial charge in [0.2, 0.25) is 5.91 Å². The molecule has 6 heteroatoms. The fourth-order valence-corrected chi connectivity index (χ4v) is 3.66. The molecule has 0 spiro atoms. The topological polar surface area (TPSA) is 72.9 Å². The smallest absolute Gasteiger partial charge is 0.251 e. The first-order valence-electron chi connectivity index (χ1n) is 10.0. The molecule has 0 radical (unpaired) electrons. The zero-order valence-electron chi connectivity index (χ0n) is 17.1. The number of amides is 2. The molecular formula is C23H29N3O3. The van der Waals surface area contributed by atoms with Crippen LogP contribution in [0.2, 0.25) is 0 Å². The van der Waals surface area contributed by atoms with Crippen LogP contribution in [0.5, 0.6) is 0 Å². The second kappa shape index (κ2) is 9.67. The summed E-state index contributed by atoms with van der Waals surface area (Å²) in [5.41, 5.74) is 3.90. The number of nitrogens with zero attached hydrogens (tertiary/aromatic N) is 2. The molecule has 154 valence electrons. The number of carbonyl (C=O) groups is 2. The van der Waals surface area contributed by atoms with E-state index < -0.39 is 6.10 Å². The van der Waals surface area contributed by atoms with Crippen molar-refractivity contribution in [3.63, 3.8) is 0 Å². The fraction of sp³-hybridized carbons (Fsp3) is 0.391. The van der Waals surface area contributed by atoms with Crippen LogP contribution in [0.25, 0.3) is 0 Å². The second-order valence-corrected chi connectivity index (χ2v) is 7.62. The van der Waals surface area contributed by atoms with Gasteiger partial charge in [0.05, 0.1) is 6.54 Å². The van der Waals surface area contributed by atoms with Gasteiger partial charge in [-0.3, -0.25) is 14.5 Å². The van der Waals surface area contributed by atoms with E-state index in [2.05, 4.69) is 5.32 Å². The molecule has 2 N–H and O–H groups in total. The second-order valence-electron chi connectivity index (χ2n) is 7.62. The summed E-state index contributed by atoms with van der Waals surface area (Å²) in [4.78, 5) is 28.7. The molecule has 3 rings (SSSR count). The van der Waals surface area contributed by atoms with Crippen molar-refractivity contribution in [1.82, 2.24) is 9.80 Å². The van der Waals surface area contributed by atoms with Gasteiger partial charge < -0.3 is 15.3 Å². The molecule has 29 heavy (non-hydrogen) atoms. The Kier molecular flexibility index (Phi) is 7.01. The van der Waals surface area contributed by atoms with Crippen molar-refractivity contribution in [1.29, 1.82) is 0 Å². The molecule has 0 saturated carbocycles. The largest absolute Gasteiger partial charge is 0.383 e. The fourth-order valence-electron chi connectivity index (χ4n) is 3.66. The van der Waals surface area contributed by atoms with E-state index >= 15 is 0 Å². The summed E-state index contributed by atoms with van der Waals surface area (Å²) in [6, 6.07) is 15.5. The van der Waals surface area contributed by atoms with Gasteiger partial charge in [-0.15, -0.1) is 0 Å². The summed E-state index contributed by atoms with van der Waals surface area (Å²) in [5, 5.41) is 13.3. The van der Waals surface area contributed by atoms with Crippen molar-refractivity contribution in [3.05, 3.63) is 65.2 Å². The van der Waals surface area contributed by atoms with Crippen LogP contribution in [-0.2, 0) is 16.0 Å². The minimum Gasteiger partial charge on any atom is -0.383 e. The molecule has 1 fully saturated rings. The third-order valence-corrected chi connectivity index (χ3v) is 5.35. The summed E-state index contributed by atoms with van der Waals surface area (Å²) in [5.74, 6) is -0.292. The lowest BCUT2D eigenvalue weighted by atomic mass is 10.1. The van der Waals surface area contributed by atoms with Gasteiger partial charge in [-0.2, -0.15) is 0 Å². The number of nitrogens with one attached hydrogen (secondary N) is 1. The quantitative estimate of drug-likeness (QED) is 0.785. The number of carbonyl (C=O) groups excluding carboxylic acids is 2. The first-order valence-corrected chi connectivity index (χ1v) is 10.0. The molecule has 1 aliphatic heterocycles. The summed E-state index contributed by atoms with van der Waals surface area (Å²) in [7, 11) is 0. The average Bonchev–Trinajstić information content (AvgIpc) is 2.71. The van der Waals surface area contributed by atoms with Crippen LogP contribution in [0.1, 0.15) is 16.7 Å². The lowest BCUT2D eigenvalue weighted by Crippen LogP contribution is -2.53. The molecule has 1 saturated heterocycles. The maximum Gasteiger partial charge on any atom is 0.251 e. The predicted molar refractivity (Wildman–Crippen MR) is 114 cm³/mol. The van der Waals surface area contributed by atoms with Crippen molar-refractivity contribution in [2.45, 2.75) is 26.4 Å². The number of anilines is 1. The van der Waals surface area contributed by atoms with E-state index in [9.17, 15) is 14.7 Å². The van der Waals surface area contributed by atoms with Crippen molar-refractivity contribution >= 4 is 17.5 Å². The Bertz CT molecular complexity index is 825. The van der Waals surface area contributed by atoms with Crippen LogP contribution in [0.4, 0.5) is 5.69 Å². The van der Waals surface area contributed by atoms with E-state index in [1.165, 1.54) is 0 Å². The van der Waals surface area contributed by atoms with Gasteiger partial charge in [-0.25, -0.2) is 0 Å². The van der Waals surface area contributed by atoms with Gasteiger partial charge in [0.25, 0.3) is 5.91 Å². The molecular weight excluding hydrogens is 366 g/mol. The minimum absolute atomic E-state index is 0.0497. The van der Waals surface area contributed by atoms with E-state index in [1.54, 1.807) is 4.90 Å². The third-order valence-electron chi connectivity index (χ3n) is 5.35. The Morgan fingerprint density at radius 3 is 2.21 bits per heavy atom. The normalized spacial score (nSPS) is 15.8. The maximum atomic E-state index is 12.5. The predicted octanol–water partition coefficient (Wildman–Crippen LogP) is 1.99. The van der Waals surface area contributed by atoms with Gasteiger partial charge in [0, 0.05) is 38.3 Å². The Morgan fingerprint density at radius 1 is 0.966 bits per heavy atom. The SMILES string of the molecule is Cc1cccc(C)c1NC(=O)CN1CCN(C(=O)C(O)Cc2ccccc2)CC1. The highest BCUT2D eigenvalue weighted by atomic mass is 16.3.